The summed E-state index contributed by atoms with van der Waals surface area (Å²) in [5.74, 6) is -0.258. The fourth-order valence-electron chi connectivity index (χ4n) is 4.17. The largest absolute Gasteiger partial charge is 0.458 e. The molecule has 0 aliphatic rings. The van der Waals surface area contributed by atoms with Gasteiger partial charge in [0.2, 0.25) is 0 Å². The molecule has 0 aliphatic carbocycles. The fourth-order valence-corrected chi connectivity index (χ4v) is 8.33. The number of hydrogen-bond donors (Lipinski definition) is 0. The van der Waals surface area contributed by atoms with Gasteiger partial charge in [-0.1, -0.05) is 66.7 Å². The molecule has 3 aromatic rings. The Morgan fingerprint density at radius 3 is 1.61 bits per heavy atom. The van der Waals surface area contributed by atoms with Crippen molar-refractivity contribution < 1.29 is 9.53 Å². The van der Waals surface area contributed by atoms with Crippen LogP contribution in [0.25, 0.3) is 0 Å². The zero-order valence-electron chi connectivity index (χ0n) is 19.9. The zero-order chi connectivity index (χ0) is 23.7. The first kappa shape index (κ1) is 24.7. The van der Waals surface area contributed by atoms with E-state index in [0.29, 0.717) is 0 Å². The van der Waals surface area contributed by atoms with Crippen molar-refractivity contribution in [2.45, 2.75) is 39.7 Å². The molecule has 0 saturated carbocycles. The number of allylic oxidation sites excluding steroid dienone is 2. The van der Waals surface area contributed by atoms with Crippen molar-refractivity contribution in [3.63, 3.8) is 0 Å². The van der Waals surface area contributed by atoms with Crippen LogP contribution in [0.5, 0.6) is 0 Å². The highest BCUT2D eigenvalue weighted by atomic mass is 31.2. The quantitative estimate of drug-likeness (QED) is 0.205. The Morgan fingerprint density at radius 2 is 1.24 bits per heavy atom. The Morgan fingerprint density at radius 1 is 0.818 bits per heavy atom. The second kappa shape index (κ2) is 11.8. The molecule has 170 valence electrons. The smallest absolute Gasteiger partial charge is 0.303 e. The van der Waals surface area contributed by atoms with Crippen LogP contribution in [0.15, 0.2) is 115 Å². The van der Waals surface area contributed by atoms with Crippen LogP contribution in [0.1, 0.15) is 33.6 Å². The van der Waals surface area contributed by atoms with Crippen LogP contribution in [0.3, 0.4) is 0 Å². The lowest BCUT2D eigenvalue weighted by Gasteiger charge is -2.27. The summed E-state index contributed by atoms with van der Waals surface area (Å²) in [4.78, 5) is 11.5. The topological polar surface area (TPSA) is 26.3 Å². The Labute approximate surface area is 199 Å². The van der Waals surface area contributed by atoms with E-state index in [2.05, 4.69) is 111 Å². The van der Waals surface area contributed by atoms with Gasteiger partial charge in [0, 0.05) is 6.92 Å². The lowest BCUT2D eigenvalue weighted by Crippen LogP contribution is -2.33. The maximum absolute atomic E-state index is 11.5. The molecule has 0 radical (unpaired) electrons. The third-order valence-electron chi connectivity index (χ3n) is 5.96. The van der Waals surface area contributed by atoms with E-state index in [1.54, 1.807) is 0 Å². The minimum Gasteiger partial charge on any atom is -0.458 e. The summed E-state index contributed by atoms with van der Waals surface area (Å²) in [5.41, 5.74) is 2.19. The van der Waals surface area contributed by atoms with Crippen molar-refractivity contribution in [3.8, 4) is 0 Å². The first-order valence-corrected chi connectivity index (χ1v) is 13.4. The summed E-state index contributed by atoms with van der Waals surface area (Å²) < 4.78 is 5.46. The van der Waals surface area contributed by atoms with E-state index < -0.39 is 7.26 Å². The molecule has 1 unspecified atom stereocenters. The van der Waals surface area contributed by atoms with Gasteiger partial charge < -0.3 is 4.74 Å². The van der Waals surface area contributed by atoms with Gasteiger partial charge >= 0.3 is 5.97 Å². The summed E-state index contributed by atoms with van der Waals surface area (Å²) in [6.45, 7) is 9.55. The number of carbonyl (C=O) groups excluding carboxylic acids is 1. The number of esters is 1. The van der Waals surface area contributed by atoms with Gasteiger partial charge in [0.25, 0.3) is 0 Å². The third kappa shape index (κ3) is 6.30. The van der Waals surface area contributed by atoms with E-state index in [9.17, 15) is 4.79 Å². The Balaban J connectivity index is 1.98. The summed E-state index contributed by atoms with van der Waals surface area (Å²) in [6.07, 6.45) is 4.72. The van der Waals surface area contributed by atoms with Gasteiger partial charge in [-0.05, 0) is 74.7 Å². The van der Waals surface area contributed by atoms with Crippen LogP contribution in [0.2, 0.25) is 0 Å². The van der Waals surface area contributed by atoms with E-state index in [0.717, 1.165) is 24.6 Å². The summed E-state index contributed by atoms with van der Waals surface area (Å²) >= 11 is 0. The molecule has 0 N–H and O–H groups in total. The van der Waals surface area contributed by atoms with Crippen LogP contribution in [0.4, 0.5) is 0 Å². The molecule has 2 nitrogen and oxygen atoms in total. The lowest BCUT2D eigenvalue weighted by atomic mass is 10.0. The van der Waals surface area contributed by atoms with Gasteiger partial charge in [-0.15, -0.1) is 0 Å². The standard InChI is InChI=1S/C30H34O2P/c1-24(2)30(32-26(4)31)21-20-25(3)22-23-33(27-14-8-5-9-15-27,28-16-10-6-11-17-28)29-18-12-7-13-19-29/h5-19,22,30H,1,20-21,23H2,2-4H3/q+1/b25-22+. The molecule has 0 aliphatic heterocycles. The van der Waals surface area contributed by atoms with Crippen LogP contribution in [0, 0.1) is 0 Å². The van der Waals surface area contributed by atoms with E-state index in [4.69, 9.17) is 4.74 Å². The molecule has 0 amide bonds. The predicted molar refractivity (Wildman–Crippen MR) is 143 cm³/mol. The van der Waals surface area contributed by atoms with Crippen molar-refractivity contribution in [3.05, 3.63) is 115 Å². The van der Waals surface area contributed by atoms with E-state index in [-0.39, 0.29) is 12.1 Å². The van der Waals surface area contributed by atoms with E-state index in [1.165, 1.54) is 28.4 Å². The van der Waals surface area contributed by atoms with Crippen molar-refractivity contribution in [2.75, 3.05) is 6.16 Å². The fraction of sp³-hybridized carbons (Fsp3) is 0.233. The SMILES string of the molecule is C=C(C)C(CC/C(C)=C/C[P+](c1ccccc1)(c1ccccc1)c1ccccc1)OC(C)=O. The Bertz CT molecular complexity index is 975. The summed E-state index contributed by atoms with van der Waals surface area (Å²) in [7, 11) is -1.88. The minimum atomic E-state index is -1.88. The van der Waals surface area contributed by atoms with Crippen molar-refractivity contribution >= 4 is 29.1 Å². The molecular weight excluding hydrogens is 423 g/mol. The summed E-state index contributed by atoms with van der Waals surface area (Å²) in [6, 6.07) is 32.7. The number of rotatable bonds is 10. The summed E-state index contributed by atoms with van der Waals surface area (Å²) in [5, 5.41) is 4.14. The molecule has 0 spiro atoms. The normalized spacial score (nSPS) is 12.8. The van der Waals surface area contributed by atoms with E-state index in [1.807, 2.05) is 6.92 Å². The second-order valence-electron chi connectivity index (χ2n) is 8.53. The molecule has 0 heterocycles. The van der Waals surface area contributed by atoms with E-state index >= 15 is 0 Å². The molecule has 3 aromatic carbocycles. The zero-order valence-corrected chi connectivity index (χ0v) is 20.8. The molecule has 0 bridgehead atoms. The van der Waals surface area contributed by atoms with Crippen LogP contribution >= 0.6 is 7.26 Å². The van der Waals surface area contributed by atoms with Crippen molar-refractivity contribution in [1.82, 2.24) is 0 Å². The van der Waals surface area contributed by atoms with Crippen molar-refractivity contribution in [2.24, 2.45) is 0 Å². The molecule has 3 heteroatoms. The van der Waals surface area contributed by atoms with Gasteiger partial charge in [-0.3, -0.25) is 4.79 Å². The lowest BCUT2D eigenvalue weighted by molar-refractivity contribution is -0.144. The van der Waals surface area contributed by atoms with Crippen LogP contribution in [-0.4, -0.2) is 18.2 Å². The van der Waals surface area contributed by atoms with Gasteiger partial charge in [-0.25, -0.2) is 0 Å². The highest BCUT2D eigenvalue weighted by Gasteiger charge is 2.44. The van der Waals surface area contributed by atoms with Crippen molar-refractivity contribution in [1.29, 1.82) is 0 Å². The van der Waals surface area contributed by atoms with Gasteiger partial charge in [0.15, 0.2) is 0 Å². The monoisotopic (exact) mass is 457 g/mol. The number of hydrogen-bond acceptors (Lipinski definition) is 2. The Hall–Kier alpha value is -2.96. The minimum absolute atomic E-state index is 0.234. The van der Waals surface area contributed by atoms with Gasteiger partial charge in [-0.2, -0.15) is 0 Å². The maximum Gasteiger partial charge on any atom is 0.303 e. The first-order valence-electron chi connectivity index (χ1n) is 11.5. The molecule has 1 atom stereocenters. The van der Waals surface area contributed by atoms with Crippen LogP contribution in [-0.2, 0) is 9.53 Å². The highest BCUT2D eigenvalue weighted by Crippen LogP contribution is 2.55. The molecule has 0 aromatic heterocycles. The molecule has 0 saturated heterocycles. The highest BCUT2D eigenvalue weighted by molar-refractivity contribution is 7.95. The van der Waals surface area contributed by atoms with Gasteiger partial charge in [0.05, 0.1) is 6.16 Å². The molecular formula is C30H34O2P+. The van der Waals surface area contributed by atoms with Crippen LogP contribution < -0.4 is 15.9 Å². The predicted octanol–water partition coefficient (Wildman–Crippen LogP) is 6.21. The molecule has 33 heavy (non-hydrogen) atoms. The average Bonchev–Trinajstić information content (AvgIpc) is 2.84. The molecule has 3 rings (SSSR count). The number of benzene rings is 3. The maximum atomic E-state index is 11.5. The van der Waals surface area contributed by atoms with Gasteiger partial charge in [0.1, 0.15) is 29.3 Å². The average molecular weight is 458 g/mol. The number of carbonyl (C=O) groups is 1. The third-order valence-corrected chi connectivity index (χ3v) is 10.2. The molecule has 0 fully saturated rings. The number of ether oxygens (including phenoxy) is 1. The Kier molecular flexibility index (Phi) is 8.80. The first-order chi connectivity index (χ1) is 15.9. The second-order valence-corrected chi connectivity index (χ2v) is 12.1.